The number of imide groups is 3. The molecule has 36 heavy (non-hydrogen) atoms. The average molecular weight is 503 g/mol. The Kier molecular flexibility index (Phi) is 5.97. The summed E-state index contributed by atoms with van der Waals surface area (Å²) in [5, 5.41) is 2.46. The van der Waals surface area contributed by atoms with Crippen molar-refractivity contribution in [2.45, 2.75) is 82.3 Å². The fraction of sp³-hybridized carbons (Fsp3) is 0.708. The van der Waals surface area contributed by atoms with E-state index in [9.17, 15) is 24.0 Å². The number of hydrogen-bond acceptors (Lipinski definition) is 8. The van der Waals surface area contributed by atoms with E-state index in [4.69, 9.17) is 16.2 Å². The van der Waals surface area contributed by atoms with E-state index in [0.29, 0.717) is 32.3 Å². The Labute approximate surface area is 209 Å². The Bertz CT molecular complexity index is 1030. The topological polar surface area (TPSA) is 168 Å². The molecule has 0 aromatic heterocycles. The molecule has 12 heteroatoms. The molecule has 2 spiro atoms. The number of nitrogens with one attached hydrogen (secondary N) is 1. The van der Waals surface area contributed by atoms with Crippen molar-refractivity contribution in [1.29, 1.82) is 0 Å². The highest BCUT2D eigenvalue weighted by molar-refractivity contribution is 6.29. The molecule has 196 valence electrons. The largest absolute Gasteiger partial charge is 0.385 e. The van der Waals surface area contributed by atoms with Gasteiger partial charge in [-0.25, -0.2) is 9.59 Å². The van der Waals surface area contributed by atoms with Crippen LogP contribution in [0.2, 0.25) is 0 Å². The van der Waals surface area contributed by atoms with Gasteiger partial charge in [0.2, 0.25) is 0 Å². The molecule has 5 rings (SSSR count). The first-order chi connectivity index (χ1) is 17.1. The van der Waals surface area contributed by atoms with Crippen molar-refractivity contribution in [2.75, 3.05) is 19.8 Å². The van der Waals surface area contributed by atoms with Gasteiger partial charge in [-0.3, -0.25) is 29.5 Å². The Balaban J connectivity index is 1.27. The van der Waals surface area contributed by atoms with Crippen LogP contribution in [0.15, 0.2) is 11.4 Å². The zero-order valence-electron chi connectivity index (χ0n) is 20.6. The van der Waals surface area contributed by atoms with Crippen LogP contribution in [0.3, 0.4) is 0 Å². The Morgan fingerprint density at radius 2 is 1.72 bits per heavy atom. The molecule has 5 N–H and O–H groups in total. The number of unbranched alkanes of at least 4 members (excludes halogenated alkanes) is 1. The first kappa shape index (κ1) is 24.5. The second-order valence-corrected chi connectivity index (χ2v) is 10.9. The minimum atomic E-state index is -0.896. The lowest BCUT2D eigenvalue weighted by atomic mass is 9.57. The molecule has 3 heterocycles. The molecule has 0 unspecified atom stereocenters. The molecular weight excluding hydrogens is 468 g/mol. The average Bonchev–Trinajstić information content (AvgIpc) is 3.38. The molecule has 2 saturated carbocycles. The quantitative estimate of drug-likeness (QED) is 0.277. The van der Waals surface area contributed by atoms with Crippen LogP contribution in [0.4, 0.5) is 9.59 Å². The van der Waals surface area contributed by atoms with Gasteiger partial charge in [0.25, 0.3) is 17.7 Å². The van der Waals surface area contributed by atoms with E-state index in [0.717, 1.165) is 37.0 Å². The predicted octanol–water partition coefficient (Wildman–Crippen LogP) is 0.509. The lowest BCUT2D eigenvalue weighted by molar-refractivity contribution is -0.139. The lowest BCUT2D eigenvalue weighted by Gasteiger charge is -2.56. The molecule has 3 saturated heterocycles. The Hall–Kier alpha value is -3.15. The highest BCUT2D eigenvalue weighted by Crippen LogP contribution is 2.56. The minimum absolute atomic E-state index is 0.00109. The summed E-state index contributed by atoms with van der Waals surface area (Å²) in [5.41, 5.74) is 10.1. The van der Waals surface area contributed by atoms with Gasteiger partial charge >= 0.3 is 12.1 Å². The summed E-state index contributed by atoms with van der Waals surface area (Å²) in [6.45, 7) is 2.83. The van der Waals surface area contributed by atoms with Crippen molar-refractivity contribution < 1.29 is 28.7 Å². The third-order valence-corrected chi connectivity index (χ3v) is 8.76. The standard InChI is InChI=1S/C24H34N6O6/c1-2-3-9-28-18(31)16(17(25)26)19(32)29(22(28)35)14-4-6-23(7-5-14)11-15(12-23)30-21(34)27-20(33)24(30)8-10-36-13-24/h14-15H,2-13,25-26H2,1H3,(H,27,33,34)/t14?,15?,23?,24-/m1/s1. The van der Waals surface area contributed by atoms with Crippen LogP contribution in [0.1, 0.15) is 64.7 Å². The Morgan fingerprint density at radius 3 is 2.31 bits per heavy atom. The first-order valence-corrected chi connectivity index (χ1v) is 12.8. The van der Waals surface area contributed by atoms with Crippen molar-refractivity contribution >= 4 is 29.8 Å². The molecule has 5 fully saturated rings. The smallest absolute Gasteiger partial charge is 0.334 e. The van der Waals surface area contributed by atoms with Crippen molar-refractivity contribution in [3.05, 3.63) is 11.4 Å². The number of urea groups is 2. The van der Waals surface area contributed by atoms with E-state index in [-0.39, 0.29) is 54.0 Å². The highest BCUT2D eigenvalue weighted by atomic mass is 16.5. The second-order valence-electron chi connectivity index (χ2n) is 10.9. The van der Waals surface area contributed by atoms with Gasteiger partial charge < -0.3 is 21.1 Å². The summed E-state index contributed by atoms with van der Waals surface area (Å²) < 4.78 is 5.48. The number of ether oxygens (including phenoxy) is 1. The molecule has 2 aliphatic carbocycles. The summed E-state index contributed by atoms with van der Waals surface area (Å²) in [6.07, 6.45) is 6.18. The number of rotatable bonds is 5. The predicted molar refractivity (Wildman–Crippen MR) is 126 cm³/mol. The van der Waals surface area contributed by atoms with Crippen LogP contribution in [-0.2, 0) is 19.1 Å². The molecule has 5 aliphatic rings. The number of barbiturate groups is 1. The van der Waals surface area contributed by atoms with Crippen LogP contribution >= 0.6 is 0 Å². The molecule has 0 aromatic carbocycles. The van der Waals surface area contributed by atoms with Crippen LogP contribution < -0.4 is 16.8 Å². The fourth-order valence-electron chi connectivity index (χ4n) is 6.75. The van der Waals surface area contributed by atoms with E-state index in [1.54, 1.807) is 4.90 Å². The number of carbonyl (C=O) groups excluding carboxylic acids is 5. The zero-order valence-corrected chi connectivity index (χ0v) is 20.6. The number of amides is 7. The van der Waals surface area contributed by atoms with Gasteiger partial charge in [0.05, 0.1) is 6.61 Å². The molecule has 3 aliphatic heterocycles. The maximum absolute atomic E-state index is 13.2. The van der Waals surface area contributed by atoms with Gasteiger partial charge in [0.15, 0.2) is 0 Å². The summed E-state index contributed by atoms with van der Waals surface area (Å²) in [6, 6.07) is -1.35. The maximum Gasteiger partial charge on any atom is 0.334 e. The molecule has 0 aromatic rings. The van der Waals surface area contributed by atoms with Crippen LogP contribution in [0, 0.1) is 5.41 Å². The molecular formula is C24H34N6O6. The van der Waals surface area contributed by atoms with Crippen LogP contribution in [-0.4, -0.2) is 81.9 Å². The number of hydrogen-bond donors (Lipinski definition) is 3. The molecule has 0 radical (unpaired) electrons. The molecule has 12 nitrogen and oxygen atoms in total. The highest BCUT2D eigenvalue weighted by Gasteiger charge is 2.62. The molecule has 7 amide bonds. The van der Waals surface area contributed by atoms with E-state index in [1.165, 1.54) is 4.90 Å². The fourth-order valence-corrected chi connectivity index (χ4v) is 6.75. The minimum Gasteiger partial charge on any atom is -0.385 e. The maximum atomic E-state index is 13.2. The monoisotopic (exact) mass is 502 g/mol. The zero-order chi connectivity index (χ0) is 25.8. The number of nitrogens with two attached hydrogens (primary N) is 2. The number of carbonyl (C=O) groups is 5. The van der Waals surface area contributed by atoms with Crippen molar-refractivity contribution in [3.63, 3.8) is 0 Å². The van der Waals surface area contributed by atoms with Crippen molar-refractivity contribution in [3.8, 4) is 0 Å². The van der Waals surface area contributed by atoms with Gasteiger partial charge in [0.1, 0.15) is 16.9 Å². The lowest BCUT2D eigenvalue weighted by Crippen LogP contribution is -2.63. The van der Waals surface area contributed by atoms with E-state index < -0.39 is 23.4 Å². The van der Waals surface area contributed by atoms with Gasteiger partial charge in [0, 0.05) is 31.7 Å². The van der Waals surface area contributed by atoms with E-state index in [2.05, 4.69) is 5.32 Å². The molecule has 1 atom stereocenters. The van der Waals surface area contributed by atoms with Crippen LogP contribution in [0.5, 0.6) is 0 Å². The summed E-state index contributed by atoms with van der Waals surface area (Å²) in [4.78, 5) is 68.2. The second kappa shape index (κ2) is 8.75. The van der Waals surface area contributed by atoms with E-state index >= 15 is 0 Å². The van der Waals surface area contributed by atoms with Crippen LogP contribution in [0.25, 0.3) is 0 Å². The van der Waals surface area contributed by atoms with Gasteiger partial charge in [-0.2, -0.15) is 0 Å². The normalized spacial score (nSPS) is 34.8. The van der Waals surface area contributed by atoms with Gasteiger partial charge in [-0.1, -0.05) is 13.3 Å². The third-order valence-electron chi connectivity index (χ3n) is 8.76. The van der Waals surface area contributed by atoms with Gasteiger partial charge in [-0.15, -0.1) is 0 Å². The Morgan fingerprint density at radius 1 is 1.03 bits per heavy atom. The summed E-state index contributed by atoms with van der Waals surface area (Å²) in [5.74, 6) is -2.10. The third kappa shape index (κ3) is 3.56. The van der Waals surface area contributed by atoms with Crippen molar-refractivity contribution in [1.82, 2.24) is 20.0 Å². The SMILES string of the molecule is CCCCN1C(=O)C(=C(N)N)C(=O)N(C2CCC3(CC2)CC(N2C(=O)NC(=O)[C@]24CCOC4)C3)C1=O. The van der Waals surface area contributed by atoms with Crippen molar-refractivity contribution in [2.24, 2.45) is 16.9 Å². The van der Waals surface area contributed by atoms with E-state index in [1.807, 2.05) is 6.92 Å². The summed E-state index contributed by atoms with van der Waals surface area (Å²) >= 11 is 0. The van der Waals surface area contributed by atoms with Gasteiger partial charge in [-0.05, 0) is 50.4 Å². The number of nitrogens with zero attached hydrogens (tertiary/aromatic N) is 3. The summed E-state index contributed by atoms with van der Waals surface area (Å²) in [7, 11) is 0. The molecule has 0 bridgehead atoms. The first-order valence-electron chi connectivity index (χ1n) is 12.8.